The molecular weight excluding hydrogens is 306 g/mol. The minimum atomic E-state index is -0.205. The third-order valence-electron chi connectivity index (χ3n) is 4.69. The maximum Gasteiger partial charge on any atom is 0.318 e. The molecule has 2 amide bonds. The lowest BCUT2D eigenvalue weighted by molar-refractivity contribution is 0.117. The molecule has 0 aliphatic carbocycles. The van der Waals surface area contributed by atoms with Crippen molar-refractivity contribution >= 4 is 6.03 Å². The van der Waals surface area contributed by atoms with Gasteiger partial charge in [0.25, 0.3) is 0 Å². The predicted octanol–water partition coefficient (Wildman–Crippen LogP) is 2.96. The molecule has 7 heteroatoms. The molecule has 3 heterocycles. The number of aromatic nitrogens is 3. The van der Waals surface area contributed by atoms with Crippen LogP contribution in [0.1, 0.15) is 56.1 Å². The maximum absolute atomic E-state index is 12.8. The van der Waals surface area contributed by atoms with Crippen LogP contribution < -0.4 is 5.32 Å². The first-order chi connectivity index (χ1) is 11.5. The Balaban J connectivity index is 1.75. The minimum Gasteiger partial charge on any atom is -0.464 e. The van der Waals surface area contributed by atoms with Crippen LogP contribution in [0.4, 0.5) is 4.79 Å². The highest BCUT2D eigenvalue weighted by atomic mass is 16.3. The first-order valence-corrected chi connectivity index (χ1v) is 8.43. The number of piperidine rings is 1. The van der Waals surface area contributed by atoms with Crippen LogP contribution in [0.2, 0.25) is 0 Å². The van der Waals surface area contributed by atoms with E-state index in [2.05, 4.69) is 22.4 Å². The van der Waals surface area contributed by atoms with E-state index in [1.54, 1.807) is 6.33 Å². The van der Waals surface area contributed by atoms with Gasteiger partial charge in [0.1, 0.15) is 17.8 Å². The number of rotatable bonds is 3. The van der Waals surface area contributed by atoms with E-state index < -0.39 is 0 Å². The summed E-state index contributed by atoms with van der Waals surface area (Å²) in [5, 5.41) is 11.0. The molecule has 0 spiro atoms. The standard InChI is InChI=1S/C17H25N5O2/c1-11-7-8-22(14(9-11)15-6-5-12(2)24-15)17(23)19-13(3)16-20-18-10-21(16)4/h5-6,10-11,13-14H,7-9H2,1-4H3,(H,19,23)/t11-,13+,14-/m0/s1. The molecule has 1 N–H and O–H groups in total. The summed E-state index contributed by atoms with van der Waals surface area (Å²) in [7, 11) is 1.87. The Labute approximate surface area is 142 Å². The van der Waals surface area contributed by atoms with Gasteiger partial charge in [0.2, 0.25) is 0 Å². The van der Waals surface area contributed by atoms with Gasteiger partial charge in [-0.15, -0.1) is 10.2 Å². The molecule has 7 nitrogen and oxygen atoms in total. The van der Waals surface area contributed by atoms with Gasteiger partial charge in [0.15, 0.2) is 5.82 Å². The first kappa shape index (κ1) is 16.5. The largest absolute Gasteiger partial charge is 0.464 e. The molecule has 0 bridgehead atoms. The highest BCUT2D eigenvalue weighted by Crippen LogP contribution is 2.35. The third-order valence-corrected chi connectivity index (χ3v) is 4.69. The van der Waals surface area contributed by atoms with Gasteiger partial charge in [-0.05, 0) is 44.7 Å². The number of nitrogens with one attached hydrogen (secondary N) is 1. The fourth-order valence-electron chi connectivity index (χ4n) is 3.30. The third kappa shape index (κ3) is 3.29. The van der Waals surface area contributed by atoms with Crippen molar-refractivity contribution in [1.29, 1.82) is 0 Å². The van der Waals surface area contributed by atoms with Crippen LogP contribution in [-0.2, 0) is 7.05 Å². The van der Waals surface area contributed by atoms with Crippen molar-refractivity contribution in [2.75, 3.05) is 6.54 Å². The van der Waals surface area contributed by atoms with Gasteiger partial charge in [-0.2, -0.15) is 0 Å². The second-order valence-electron chi connectivity index (χ2n) is 6.76. The molecule has 1 saturated heterocycles. The van der Waals surface area contributed by atoms with Gasteiger partial charge in [0.05, 0.1) is 12.1 Å². The summed E-state index contributed by atoms with van der Waals surface area (Å²) in [6.45, 7) is 6.79. The molecule has 24 heavy (non-hydrogen) atoms. The van der Waals surface area contributed by atoms with Crippen LogP contribution in [0.25, 0.3) is 0 Å². The van der Waals surface area contributed by atoms with Gasteiger partial charge in [-0.3, -0.25) is 0 Å². The van der Waals surface area contributed by atoms with Crippen LogP contribution in [0.3, 0.4) is 0 Å². The van der Waals surface area contributed by atoms with E-state index in [0.29, 0.717) is 5.92 Å². The first-order valence-electron chi connectivity index (χ1n) is 8.43. The van der Waals surface area contributed by atoms with Crippen molar-refractivity contribution in [2.24, 2.45) is 13.0 Å². The monoisotopic (exact) mass is 331 g/mol. The van der Waals surface area contributed by atoms with E-state index in [1.807, 2.05) is 42.5 Å². The SMILES string of the molecule is Cc1ccc([C@@H]2C[C@@H](C)CCN2C(=O)N[C@H](C)c2nncn2C)o1. The number of nitrogens with zero attached hydrogens (tertiary/aromatic N) is 4. The Morgan fingerprint density at radius 1 is 1.46 bits per heavy atom. The number of hydrogen-bond acceptors (Lipinski definition) is 4. The van der Waals surface area contributed by atoms with Gasteiger partial charge in [-0.25, -0.2) is 4.79 Å². The predicted molar refractivity (Wildman–Crippen MR) is 89.2 cm³/mol. The molecule has 1 aliphatic rings. The molecule has 130 valence electrons. The lowest BCUT2D eigenvalue weighted by Gasteiger charge is -2.37. The van der Waals surface area contributed by atoms with Gasteiger partial charge in [0, 0.05) is 13.6 Å². The Hall–Kier alpha value is -2.31. The quantitative estimate of drug-likeness (QED) is 0.938. The second-order valence-corrected chi connectivity index (χ2v) is 6.76. The Morgan fingerprint density at radius 3 is 2.88 bits per heavy atom. The highest BCUT2D eigenvalue weighted by Gasteiger charge is 2.33. The average molecular weight is 331 g/mol. The number of urea groups is 1. The molecule has 0 aromatic carbocycles. The summed E-state index contributed by atoms with van der Waals surface area (Å²) in [6.07, 6.45) is 3.55. The van der Waals surface area contributed by atoms with Gasteiger partial charge >= 0.3 is 6.03 Å². The van der Waals surface area contributed by atoms with E-state index in [0.717, 1.165) is 36.7 Å². The Morgan fingerprint density at radius 2 is 2.25 bits per heavy atom. The van der Waals surface area contributed by atoms with Gasteiger partial charge in [-0.1, -0.05) is 6.92 Å². The number of amides is 2. The maximum atomic E-state index is 12.8. The van der Waals surface area contributed by atoms with Crippen LogP contribution in [0.5, 0.6) is 0 Å². The summed E-state index contributed by atoms with van der Waals surface area (Å²) >= 11 is 0. The molecule has 0 saturated carbocycles. The molecule has 0 unspecified atom stereocenters. The molecule has 2 aromatic heterocycles. The zero-order valence-electron chi connectivity index (χ0n) is 14.7. The number of carbonyl (C=O) groups is 1. The summed E-state index contributed by atoms with van der Waals surface area (Å²) in [6, 6.07) is 3.62. The molecule has 2 aromatic rings. The molecule has 1 aliphatic heterocycles. The number of furan rings is 1. The summed E-state index contributed by atoms with van der Waals surface area (Å²) < 4.78 is 7.62. The van der Waals surface area contributed by atoms with E-state index in [-0.39, 0.29) is 18.1 Å². The van der Waals surface area contributed by atoms with Crippen LogP contribution in [0, 0.1) is 12.8 Å². The second kappa shape index (κ2) is 6.67. The van der Waals surface area contributed by atoms with Crippen molar-refractivity contribution in [3.8, 4) is 0 Å². The van der Waals surface area contributed by atoms with E-state index in [1.165, 1.54) is 0 Å². The average Bonchev–Trinajstić information content (AvgIpc) is 3.15. The van der Waals surface area contributed by atoms with Crippen LogP contribution in [-0.4, -0.2) is 32.2 Å². The summed E-state index contributed by atoms with van der Waals surface area (Å²) in [4.78, 5) is 14.7. The zero-order valence-corrected chi connectivity index (χ0v) is 14.7. The number of carbonyl (C=O) groups excluding carboxylic acids is 1. The van der Waals surface area contributed by atoms with Crippen LogP contribution in [0.15, 0.2) is 22.9 Å². The zero-order chi connectivity index (χ0) is 17.3. The van der Waals surface area contributed by atoms with Crippen molar-refractivity contribution in [3.05, 3.63) is 35.8 Å². The van der Waals surface area contributed by atoms with E-state index in [9.17, 15) is 4.79 Å². The van der Waals surface area contributed by atoms with Crippen molar-refractivity contribution in [1.82, 2.24) is 25.0 Å². The highest BCUT2D eigenvalue weighted by molar-refractivity contribution is 5.75. The van der Waals surface area contributed by atoms with E-state index >= 15 is 0 Å². The number of aryl methyl sites for hydroxylation is 2. The lowest BCUT2D eigenvalue weighted by Crippen LogP contribution is -2.46. The van der Waals surface area contributed by atoms with Crippen molar-refractivity contribution < 1.29 is 9.21 Å². The topological polar surface area (TPSA) is 76.2 Å². The van der Waals surface area contributed by atoms with Crippen LogP contribution >= 0.6 is 0 Å². The van der Waals surface area contributed by atoms with Gasteiger partial charge < -0.3 is 19.2 Å². The minimum absolute atomic E-state index is 0.0193. The van der Waals surface area contributed by atoms with Crippen molar-refractivity contribution in [3.63, 3.8) is 0 Å². The fourth-order valence-corrected chi connectivity index (χ4v) is 3.30. The molecular formula is C17H25N5O2. The lowest BCUT2D eigenvalue weighted by atomic mass is 9.91. The number of likely N-dealkylation sites (tertiary alicyclic amines) is 1. The summed E-state index contributed by atoms with van der Waals surface area (Å²) in [5.41, 5.74) is 0. The molecule has 0 radical (unpaired) electrons. The smallest absolute Gasteiger partial charge is 0.318 e. The van der Waals surface area contributed by atoms with Crippen molar-refractivity contribution in [2.45, 2.75) is 45.7 Å². The molecule has 1 fully saturated rings. The molecule has 3 atom stereocenters. The summed E-state index contributed by atoms with van der Waals surface area (Å²) in [5.74, 6) is 3.04. The molecule has 3 rings (SSSR count). The normalized spacial score (nSPS) is 22.4. The fraction of sp³-hybridized carbons (Fsp3) is 0.588. The Kier molecular flexibility index (Phi) is 4.59. The number of hydrogen-bond donors (Lipinski definition) is 1. The Bertz CT molecular complexity index is 707. The van der Waals surface area contributed by atoms with E-state index in [4.69, 9.17) is 4.42 Å².